The highest BCUT2D eigenvalue weighted by molar-refractivity contribution is 5.19. The van der Waals surface area contributed by atoms with Crippen LogP contribution in [0.4, 0.5) is 4.39 Å². The van der Waals surface area contributed by atoms with Gasteiger partial charge in [0.2, 0.25) is 0 Å². The topological polar surface area (TPSA) is 21.3 Å². The van der Waals surface area contributed by atoms with Crippen LogP contribution >= 0.6 is 0 Å². The first-order valence-corrected chi connectivity index (χ1v) is 7.75. The van der Waals surface area contributed by atoms with E-state index < -0.39 is 0 Å². The van der Waals surface area contributed by atoms with E-state index in [1.165, 1.54) is 12.5 Å². The fourth-order valence-electron chi connectivity index (χ4n) is 2.25. The van der Waals surface area contributed by atoms with E-state index in [1.807, 2.05) is 6.07 Å². The Balaban J connectivity index is 2.59. The summed E-state index contributed by atoms with van der Waals surface area (Å²) in [5.74, 6) is 0.343. The lowest BCUT2D eigenvalue weighted by atomic mass is 10.1. The van der Waals surface area contributed by atoms with Crippen LogP contribution in [0.15, 0.2) is 24.3 Å². The zero-order chi connectivity index (χ0) is 14.8. The minimum Gasteiger partial charge on any atom is -0.372 e. The molecule has 2 nitrogen and oxygen atoms in total. The molecule has 0 heterocycles. The van der Waals surface area contributed by atoms with E-state index in [0.29, 0.717) is 5.92 Å². The monoisotopic (exact) mass is 281 g/mol. The van der Waals surface area contributed by atoms with Crippen LogP contribution in [0.1, 0.15) is 51.7 Å². The van der Waals surface area contributed by atoms with Gasteiger partial charge in [-0.25, -0.2) is 4.39 Å². The number of hydrogen-bond acceptors (Lipinski definition) is 2. The van der Waals surface area contributed by atoms with Gasteiger partial charge in [0.15, 0.2) is 0 Å². The van der Waals surface area contributed by atoms with E-state index in [9.17, 15) is 4.39 Å². The standard InChI is InChI=1S/C17H28FNO/c1-4-7-14(3)13-20-17(12-19-10-5-2)15-8-6-9-16(18)11-15/h6,8-9,11,14,17,19H,4-5,7,10,12-13H2,1-3H3. The summed E-state index contributed by atoms with van der Waals surface area (Å²) in [6.45, 7) is 8.93. The maximum Gasteiger partial charge on any atom is 0.123 e. The lowest BCUT2D eigenvalue weighted by Crippen LogP contribution is -2.25. The average Bonchev–Trinajstić information content (AvgIpc) is 2.43. The summed E-state index contributed by atoms with van der Waals surface area (Å²) in [5.41, 5.74) is 0.914. The van der Waals surface area contributed by atoms with Crippen LogP contribution in [-0.2, 0) is 4.74 Å². The molecule has 20 heavy (non-hydrogen) atoms. The van der Waals surface area contributed by atoms with Crippen LogP contribution in [-0.4, -0.2) is 19.7 Å². The third-order valence-corrected chi connectivity index (χ3v) is 3.34. The quantitative estimate of drug-likeness (QED) is 0.645. The smallest absolute Gasteiger partial charge is 0.123 e. The van der Waals surface area contributed by atoms with Crippen molar-refractivity contribution in [2.75, 3.05) is 19.7 Å². The second-order valence-electron chi connectivity index (χ2n) is 5.47. The average molecular weight is 281 g/mol. The Morgan fingerprint density at radius 1 is 1.25 bits per heavy atom. The van der Waals surface area contributed by atoms with Crippen molar-refractivity contribution < 1.29 is 9.13 Å². The molecule has 0 spiro atoms. The molecule has 0 radical (unpaired) electrons. The molecule has 0 aliphatic carbocycles. The summed E-state index contributed by atoms with van der Waals surface area (Å²) in [6.07, 6.45) is 3.35. The minimum absolute atomic E-state index is 0.0726. The van der Waals surface area contributed by atoms with Crippen molar-refractivity contribution >= 4 is 0 Å². The number of rotatable bonds is 10. The van der Waals surface area contributed by atoms with Crippen LogP contribution in [0.5, 0.6) is 0 Å². The van der Waals surface area contributed by atoms with E-state index in [2.05, 4.69) is 26.1 Å². The van der Waals surface area contributed by atoms with E-state index >= 15 is 0 Å². The highest BCUT2D eigenvalue weighted by Gasteiger charge is 2.14. The fraction of sp³-hybridized carbons (Fsp3) is 0.647. The van der Waals surface area contributed by atoms with Crippen molar-refractivity contribution in [1.29, 1.82) is 0 Å². The Morgan fingerprint density at radius 2 is 2.05 bits per heavy atom. The zero-order valence-corrected chi connectivity index (χ0v) is 13.0. The predicted molar refractivity (Wildman–Crippen MR) is 82.3 cm³/mol. The molecule has 0 fully saturated rings. The summed E-state index contributed by atoms with van der Waals surface area (Å²) in [4.78, 5) is 0. The van der Waals surface area contributed by atoms with Crippen molar-refractivity contribution in [1.82, 2.24) is 5.32 Å². The Labute approximate surface area is 122 Å². The molecular weight excluding hydrogens is 253 g/mol. The summed E-state index contributed by atoms with van der Waals surface area (Å²) in [7, 11) is 0. The van der Waals surface area contributed by atoms with Gasteiger partial charge in [-0.3, -0.25) is 0 Å². The van der Waals surface area contributed by atoms with Gasteiger partial charge < -0.3 is 10.1 Å². The van der Waals surface area contributed by atoms with E-state index in [-0.39, 0.29) is 11.9 Å². The molecule has 0 aliphatic rings. The van der Waals surface area contributed by atoms with Gasteiger partial charge in [-0.05, 0) is 43.0 Å². The Bertz CT molecular complexity index is 370. The maximum atomic E-state index is 13.4. The highest BCUT2D eigenvalue weighted by Crippen LogP contribution is 2.19. The number of benzene rings is 1. The molecule has 3 heteroatoms. The summed E-state index contributed by atoms with van der Waals surface area (Å²) < 4.78 is 19.4. The van der Waals surface area contributed by atoms with Crippen LogP contribution in [0.3, 0.4) is 0 Å². The molecule has 0 bridgehead atoms. The van der Waals surface area contributed by atoms with Crippen molar-refractivity contribution in [2.45, 2.75) is 46.1 Å². The largest absolute Gasteiger partial charge is 0.372 e. The third-order valence-electron chi connectivity index (χ3n) is 3.34. The molecule has 0 saturated heterocycles. The van der Waals surface area contributed by atoms with Gasteiger partial charge in [0, 0.05) is 6.54 Å². The molecule has 0 saturated carbocycles. The maximum absolute atomic E-state index is 13.4. The van der Waals surface area contributed by atoms with Crippen LogP contribution in [0.25, 0.3) is 0 Å². The molecule has 2 atom stereocenters. The third kappa shape index (κ3) is 6.49. The molecule has 0 aliphatic heterocycles. The first-order valence-electron chi connectivity index (χ1n) is 7.75. The van der Waals surface area contributed by atoms with E-state index in [4.69, 9.17) is 4.74 Å². The second kappa shape index (κ2) is 9.89. The zero-order valence-electron chi connectivity index (χ0n) is 13.0. The van der Waals surface area contributed by atoms with Crippen LogP contribution < -0.4 is 5.32 Å². The van der Waals surface area contributed by atoms with Crippen LogP contribution in [0.2, 0.25) is 0 Å². The molecule has 114 valence electrons. The number of nitrogens with one attached hydrogen (secondary N) is 1. The Hall–Kier alpha value is -0.930. The molecule has 1 N–H and O–H groups in total. The lowest BCUT2D eigenvalue weighted by Gasteiger charge is -2.21. The first kappa shape index (κ1) is 17.1. The van der Waals surface area contributed by atoms with Crippen molar-refractivity contribution in [3.8, 4) is 0 Å². The Morgan fingerprint density at radius 3 is 2.70 bits per heavy atom. The van der Waals surface area contributed by atoms with Crippen molar-refractivity contribution in [3.63, 3.8) is 0 Å². The summed E-state index contributed by atoms with van der Waals surface area (Å²) >= 11 is 0. The predicted octanol–water partition coefficient (Wildman–Crippen LogP) is 4.32. The molecule has 0 aromatic heterocycles. The van der Waals surface area contributed by atoms with Gasteiger partial charge in [0.1, 0.15) is 5.82 Å². The summed E-state index contributed by atoms with van der Waals surface area (Å²) in [5, 5.41) is 3.36. The second-order valence-corrected chi connectivity index (χ2v) is 5.47. The molecule has 1 rings (SSSR count). The number of hydrogen-bond donors (Lipinski definition) is 1. The van der Waals surface area contributed by atoms with Gasteiger partial charge in [-0.2, -0.15) is 0 Å². The highest BCUT2D eigenvalue weighted by atomic mass is 19.1. The molecular formula is C17H28FNO. The molecule has 1 aromatic rings. The van der Waals surface area contributed by atoms with Gasteiger partial charge in [0.05, 0.1) is 12.7 Å². The number of ether oxygens (including phenoxy) is 1. The van der Waals surface area contributed by atoms with Crippen molar-refractivity contribution in [3.05, 3.63) is 35.6 Å². The van der Waals surface area contributed by atoms with Gasteiger partial charge in [0.25, 0.3) is 0 Å². The SMILES string of the molecule is CCCNCC(OCC(C)CCC)c1cccc(F)c1. The fourth-order valence-corrected chi connectivity index (χ4v) is 2.25. The first-order chi connectivity index (χ1) is 9.67. The molecule has 2 unspecified atom stereocenters. The molecule has 1 aromatic carbocycles. The van der Waals surface area contributed by atoms with E-state index in [0.717, 1.165) is 38.1 Å². The van der Waals surface area contributed by atoms with Gasteiger partial charge in [-0.15, -0.1) is 0 Å². The van der Waals surface area contributed by atoms with Gasteiger partial charge in [-0.1, -0.05) is 39.3 Å². The normalized spacial score (nSPS) is 14.2. The number of halogens is 1. The molecule has 0 amide bonds. The van der Waals surface area contributed by atoms with Crippen molar-refractivity contribution in [2.24, 2.45) is 5.92 Å². The van der Waals surface area contributed by atoms with E-state index in [1.54, 1.807) is 12.1 Å². The Kier molecular flexibility index (Phi) is 8.47. The van der Waals surface area contributed by atoms with Gasteiger partial charge >= 0.3 is 0 Å². The minimum atomic E-state index is -0.201. The lowest BCUT2D eigenvalue weighted by molar-refractivity contribution is 0.0299. The van der Waals surface area contributed by atoms with Crippen LogP contribution in [0, 0.1) is 11.7 Å². The summed E-state index contributed by atoms with van der Waals surface area (Å²) in [6, 6.07) is 6.73.